The smallest absolute Gasteiger partial charge is 0.214 e. The van der Waals surface area contributed by atoms with Crippen LogP contribution in [0.25, 0.3) is 0 Å². The van der Waals surface area contributed by atoms with E-state index in [1.165, 1.54) is 0 Å². The first-order chi connectivity index (χ1) is 10.1. The van der Waals surface area contributed by atoms with Crippen molar-refractivity contribution in [1.82, 2.24) is 9.21 Å². The molecule has 0 N–H and O–H groups in total. The van der Waals surface area contributed by atoms with E-state index < -0.39 is 10.0 Å². The van der Waals surface area contributed by atoms with Crippen LogP contribution in [-0.4, -0.2) is 81.5 Å². The number of rotatable bonds is 5. The van der Waals surface area contributed by atoms with Gasteiger partial charge in [0.05, 0.1) is 25.1 Å². The zero-order chi connectivity index (χ0) is 14.7. The van der Waals surface area contributed by atoms with E-state index in [0.29, 0.717) is 5.75 Å². The molecule has 3 saturated heterocycles. The second kappa shape index (κ2) is 6.91. The van der Waals surface area contributed by atoms with E-state index in [9.17, 15) is 8.42 Å². The monoisotopic (exact) mass is 318 g/mol. The fourth-order valence-corrected chi connectivity index (χ4v) is 5.29. The van der Waals surface area contributed by atoms with Gasteiger partial charge in [-0.15, -0.1) is 0 Å². The molecule has 3 fully saturated rings. The van der Waals surface area contributed by atoms with Crippen molar-refractivity contribution in [2.45, 2.75) is 37.8 Å². The summed E-state index contributed by atoms with van der Waals surface area (Å²) in [6.45, 7) is 5.91. The van der Waals surface area contributed by atoms with Crippen LogP contribution in [0.4, 0.5) is 0 Å². The standard InChI is InChI=1S/C14H26N2O4S/c17-21(18)11-1-5-16(21)13-2-6-15(7-3-13)8-10-20-14-4-9-19-12-14/h13-14H,1-12H2. The van der Waals surface area contributed by atoms with Gasteiger partial charge in [0.25, 0.3) is 0 Å². The molecule has 122 valence electrons. The van der Waals surface area contributed by atoms with Crippen LogP contribution in [0.3, 0.4) is 0 Å². The lowest BCUT2D eigenvalue weighted by molar-refractivity contribution is 0.0244. The van der Waals surface area contributed by atoms with E-state index in [2.05, 4.69) is 4.90 Å². The fourth-order valence-electron chi connectivity index (χ4n) is 3.49. The van der Waals surface area contributed by atoms with Gasteiger partial charge in [-0.05, 0) is 38.8 Å². The van der Waals surface area contributed by atoms with Crippen LogP contribution in [-0.2, 0) is 19.5 Å². The van der Waals surface area contributed by atoms with E-state index >= 15 is 0 Å². The summed E-state index contributed by atoms with van der Waals surface area (Å²) in [4.78, 5) is 2.38. The van der Waals surface area contributed by atoms with Gasteiger partial charge < -0.3 is 14.4 Å². The lowest BCUT2D eigenvalue weighted by Crippen LogP contribution is -2.46. The van der Waals surface area contributed by atoms with Crippen molar-refractivity contribution >= 4 is 10.0 Å². The van der Waals surface area contributed by atoms with E-state index in [1.54, 1.807) is 4.31 Å². The van der Waals surface area contributed by atoms with Gasteiger partial charge in [0.1, 0.15) is 0 Å². The number of hydrogen-bond donors (Lipinski definition) is 0. The third-order valence-electron chi connectivity index (χ3n) is 4.75. The molecule has 0 aromatic rings. The van der Waals surface area contributed by atoms with Crippen molar-refractivity contribution < 1.29 is 17.9 Å². The second-order valence-electron chi connectivity index (χ2n) is 6.21. The Labute approximate surface area is 127 Å². The normalized spacial score (nSPS) is 31.9. The van der Waals surface area contributed by atoms with Gasteiger partial charge >= 0.3 is 0 Å². The quantitative estimate of drug-likeness (QED) is 0.729. The highest BCUT2D eigenvalue weighted by Crippen LogP contribution is 2.24. The molecule has 0 amide bonds. The lowest BCUT2D eigenvalue weighted by atomic mass is 10.1. The average Bonchev–Trinajstić information content (AvgIpc) is 3.09. The van der Waals surface area contributed by atoms with E-state index in [4.69, 9.17) is 9.47 Å². The predicted molar refractivity (Wildman–Crippen MR) is 79.7 cm³/mol. The molecule has 0 aromatic carbocycles. The molecule has 3 heterocycles. The van der Waals surface area contributed by atoms with Gasteiger partial charge in [-0.1, -0.05) is 0 Å². The molecule has 6 nitrogen and oxygen atoms in total. The number of hydrogen-bond acceptors (Lipinski definition) is 5. The molecule has 7 heteroatoms. The third-order valence-corrected chi connectivity index (χ3v) is 6.75. The highest BCUT2D eigenvalue weighted by Gasteiger charge is 2.35. The van der Waals surface area contributed by atoms with Crippen LogP contribution in [0, 0.1) is 0 Å². The predicted octanol–water partition coefficient (Wildman–Crippen LogP) is 0.292. The Morgan fingerprint density at radius 1 is 1.14 bits per heavy atom. The topological polar surface area (TPSA) is 59.1 Å². The van der Waals surface area contributed by atoms with Crippen molar-refractivity contribution in [1.29, 1.82) is 0 Å². The SMILES string of the molecule is O=S1(=O)CCCN1C1CCN(CCOC2CCOC2)CC1. The van der Waals surface area contributed by atoms with Crippen molar-refractivity contribution in [2.24, 2.45) is 0 Å². The molecule has 0 aliphatic carbocycles. The van der Waals surface area contributed by atoms with E-state index in [0.717, 1.165) is 71.7 Å². The van der Waals surface area contributed by atoms with E-state index in [1.807, 2.05) is 0 Å². The van der Waals surface area contributed by atoms with E-state index in [-0.39, 0.29) is 12.1 Å². The summed E-state index contributed by atoms with van der Waals surface area (Å²) in [6, 6.07) is 0.220. The lowest BCUT2D eigenvalue weighted by Gasteiger charge is -2.35. The largest absolute Gasteiger partial charge is 0.379 e. The Bertz CT molecular complexity index is 428. The van der Waals surface area contributed by atoms with Crippen molar-refractivity contribution in [3.63, 3.8) is 0 Å². The van der Waals surface area contributed by atoms with Gasteiger partial charge in [0.15, 0.2) is 0 Å². The minimum absolute atomic E-state index is 0.220. The molecular weight excluding hydrogens is 292 g/mol. The molecule has 0 radical (unpaired) electrons. The van der Waals surface area contributed by atoms with Crippen molar-refractivity contribution in [3.8, 4) is 0 Å². The summed E-state index contributed by atoms with van der Waals surface area (Å²) in [7, 11) is -2.96. The molecule has 3 aliphatic rings. The summed E-state index contributed by atoms with van der Waals surface area (Å²) < 4.78 is 36.7. The third kappa shape index (κ3) is 3.96. The first-order valence-electron chi connectivity index (χ1n) is 8.06. The average molecular weight is 318 g/mol. The number of likely N-dealkylation sites (tertiary alicyclic amines) is 1. The minimum Gasteiger partial charge on any atom is -0.379 e. The maximum atomic E-state index is 11.9. The van der Waals surface area contributed by atoms with Crippen LogP contribution in [0.1, 0.15) is 25.7 Å². The Balaban J connectivity index is 1.37. The molecule has 0 saturated carbocycles. The van der Waals surface area contributed by atoms with Crippen LogP contribution in [0.2, 0.25) is 0 Å². The van der Waals surface area contributed by atoms with Crippen molar-refractivity contribution in [2.75, 3.05) is 51.8 Å². The Hall–Kier alpha value is -0.210. The highest BCUT2D eigenvalue weighted by atomic mass is 32.2. The van der Waals surface area contributed by atoms with Crippen molar-refractivity contribution in [3.05, 3.63) is 0 Å². The fraction of sp³-hybridized carbons (Fsp3) is 1.00. The van der Waals surface area contributed by atoms with Crippen LogP contribution in [0.15, 0.2) is 0 Å². The Morgan fingerprint density at radius 2 is 1.95 bits per heavy atom. The molecule has 21 heavy (non-hydrogen) atoms. The maximum Gasteiger partial charge on any atom is 0.214 e. The van der Waals surface area contributed by atoms with Crippen LogP contribution < -0.4 is 0 Å². The van der Waals surface area contributed by atoms with Crippen LogP contribution in [0.5, 0.6) is 0 Å². The van der Waals surface area contributed by atoms with Gasteiger partial charge in [-0.2, -0.15) is 4.31 Å². The summed E-state index contributed by atoms with van der Waals surface area (Å²) in [5, 5.41) is 0. The molecule has 0 aromatic heterocycles. The molecule has 0 bridgehead atoms. The van der Waals surface area contributed by atoms with Crippen LogP contribution >= 0.6 is 0 Å². The molecule has 0 spiro atoms. The van der Waals surface area contributed by atoms with Gasteiger partial charge in [-0.25, -0.2) is 8.42 Å². The number of ether oxygens (including phenoxy) is 2. The summed E-state index contributed by atoms with van der Waals surface area (Å²) >= 11 is 0. The van der Waals surface area contributed by atoms with Gasteiger partial charge in [0, 0.05) is 25.7 Å². The summed E-state index contributed by atoms with van der Waals surface area (Å²) in [6.07, 6.45) is 3.98. The zero-order valence-electron chi connectivity index (χ0n) is 12.6. The molecule has 1 unspecified atom stereocenters. The Morgan fingerprint density at radius 3 is 2.57 bits per heavy atom. The number of sulfonamides is 1. The minimum atomic E-state index is -2.96. The number of piperidine rings is 1. The zero-order valence-corrected chi connectivity index (χ0v) is 13.4. The Kier molecular flexibility index (Phi) is 5.16. The highest BCUT2D eigenvalue weighted by molar-refractivity contribution is 7.89. The summed E-state index contributed by atoms with van der Waals surface area (Å²) in [5.41, 5.74) is 0. The first-order valence-corrected chi connectivity index (χ1v) is 9.67. The van der Waals surface area contributed by atoms with Gasteiger partial charge in [0.2, 0.25) is 10.0 Å². The maximum absolute atomic E-state index is 11.9. The second-order valence-corrected chi connectivity index (χ2v) is 8.25. The molecule has 1 atom stereocenters. The van der Waals surface area contributed by atoms with Gasteiger partial charge in [-0.3, -0.25) is 0 Å². The molecule has 3 aliphatic heterocycles. The molecular formula is C14H26N2O4S. The molecule has 3 rings (SSSR count). The summed E-state index contributed by atoms with van der Waals surface area (Å²) in [5.74, 6) is 0.338. The first kappa shape index (κ1) is 15.7. The number of nitrogens with zero attached hydrogens (tertiary/aromatic N) is 2.